The number of hydrogen-bond donors (Lipinski definition) is 2. The molecule has 2 N–H and O–H groups in total. The summed E-state index contributed by atoms with van der Waals surface area (Å²) in [7, 11) is -3.62. The van der Waals surface area contributed by atoms with Gasteiger partial charge in [-0.1, -0.05) is 18.9 Å². The minimum absolute atomic E-state index is 0.269. The van der Waals surface area contributed by atoms with E-state index in [1.165, 1.54) is 41.3 Å². The van der Waals surface area contributed by atoms with Crippen molar-refractivity contribution in [3.63, 3.8) is 0 Å². The van der Waals surface area contributed by atoms with Gasteiger partial charge in [-0.05, 0) is 67.3 Å². The molecule has 1 aromatic carbocycles. The Labute approximate surface area is 176 Å². The Morgan fingerprint density at radius 3 is 2.45 bits per heavy atom. The summed E-state index contributed by atoms with van der Waals surface area (Å²) in [6, 6.07) is 10.3. The summed E-state index contributed by atoms with van der Waals surface area (Å²) in [4.78, 5) is 12.8. The van der Waals surface area contributed by atoms with Gasteiger partial charge in [-0.25, -0.2) is 8.42 Å². The number of sulfonamides is 1. The number of benzene rings is 1. The van der Waals surface area contributed by atoms with Crippen LogP contribution in [-0.2, 0) is 14.8 Å². The second-order valence-electron chi connectivity index (χ2n) is 7.80. The average molecular weight is 434 g/mol. The normalized spacial score (nSPS) is 20.8. The molecule has 1 aromatic heterocycles. The highest BCUT2D eigenvalue weighted by atomic mass is 32.2. The largest absolute Gasteiger partial charge is 0.385 e. The van der Waals surface area contributed by atoms with Crippen molar-refractivity contribution < 1.29 is 13.2 Å². The van der Waals surface area contributed by atoms with Gasteiger partial charge in [-0.2, -0.15) is 4.31 Å². The smallest absolute Gasteiger partial charge is 0.253 e. The van der Waals surface area contributed by atoms with Crippen molar-refractivity contribution in [1.29, 1.82) is 0 Å². The van der Waals surface area contributed by atoms with E-state index >= 15 is 0 Å². The van der Waals surface area contributed by atoms with Gasteiger partial charge < -0.3 is 10.6 Å². The Balaban J connectivity index is 1.37. The van der Waals surface area contributed by atoms with Crippen molar-refractivity contribution in [2.75, 3.05) is 23.7 Å². The summed E-state index contributed by atoms with van der Waals surface area (Å²) in [5, 5.41) is 8.09. The van der Waals surface area contributed by atoms with Gasteiger partial charge in [0, 0.05) is 24.5 Å². The van der Waals surface area contributed by atoms with E-state index in [9.17, 15) is 13.2 Å². The van der Waals surface area contributed by atoms with Crippen LogP contribution >= 0.6 is 11.3 Å². The maximum atomic E-state index is 12.8. The number of thiophene rings is 1. The molecule has 8 heteroatoms. The van der Waals surface area contributed by atoms with Gasteiger partial charge in [0.05, 0.1) is 0 Å². The number of nitrogens with zero attached hydrogens (tertiary/aromatic N) is 1. The van der Waals surface area contributed by atoms with Crippen molar-refractivity contribution in [3.05, 3.63) is 41.8 Å². The first-order valence-corrected chi connectivity index (χ1v) is 12.6. The van der Waals surface area contributed by atoms with Crippen LogP contribution in [0.5, 0.6) is 0 Å². The zero-order valence-electron chi connectivity index (χ0n) is 16.3. The standard InChI is InChI=1S/C21H27N3O3S2/c25-21(19-7-3-13-24(19)29(26,27)20-8-4-14-28-20)23-18-11-9-17(10-12-18)22-15-16-5-1-2-6-16/h4,8-12,14,16,19,22H,1-3,5-7,13,15H2,(H,23,25). The first-order valence-electron chi connectivity index (χ1n) is 10.2. The molecule has 0 radical (unpaired) electrons. The summed E-state index contributed by atoms with van der Waals surface area (Å²) < 4.78 is 27.3. The summed E-state index contributed by atoms with van der Waals surface area (Å²) in [5.74, 6) is 0.488. The fraction of sp³-hybridized carbons (Fsp3) is 0.476. The molecule has 6 nitrogen and oxygen atoms in total. The Hall–Kier alpha value is -1.90. The minimum Gasteiger partial charge on any atom is -0.385 e. The van der Waals surface area contributed by atoms with Crippen molar-refractivity contribution >= 4 is 38.6 Å². The zero-order valence-corrected chi connectivity index (χ0v) is 18.0. The second kappa shape index (κ2) is 8.85. The molecule has 156 valence electrons. The third-order valence-electron chi connectivity index (χ3n) is 5.79. The SMILES string of the molecule is O=C(Nc1ccc(NCC2CCCC2)cc1)C1CCCN1S(=O)(=O)c1cccs1. The monoisotopic (exact) mass is 433 g/mol. The third-order valence-corrected chi connectivity index (χ3v) is 9.07. The molecule has 2 heterocycles. The van der Waals surface area contributed by atoms with Crippen molar-refractivity contribution in [2.24, 2.45) is 5.92 Å². The quantitative estimate of drug-likeness (QED) is 0.688. The molecule has 29 heavy (non-hydrogen) atoms. The maximum absolute atomic E-state index is 12.8. The fourth-order valence-electron chi connectivity index (χ4n) is 4.19. The number of carbonyl (C=O) groups is 1. The van der Waals surface area contributed by atoms with Crippen LogP contribution < -0.4 is 10.6 Å². The van der Waals surface area contributed by atoms with Crippen LogP contribution in [0.25, 0.3) is 0 Å². The van der Waals surface area contributed by atoms with Crippen LogP contribution in [0.1, 0.15) is 38.5 Å². The van der Waals surface area contributed by atoms with Gasteiger partial charge in [-0.15, -0.1) is 11.3 Å². The minimum atomic E-state index is -3.62. The Bertz CT molecular complexity index is 921. The van der Waals surface area contributed by atoms with Crippen molar-refractivity contribution in [1.82, 2.24) is 4.31 Å². The molecule has 1 amide bonds. The molecular formula is C21H27N3O3S2. The van der Waals surface area contributed by atoms with E-state index in [1.54, 1.807) is 17.5 Å². The zero-order chi connectivity index (χ0) is 20.3. The molecule has 2 aliphatic rings. The lowest BCUT2D eigenvalue weighted by Crippen LogP contribution is -2.42. The maximum Gasteiger partial charge on any atom is 0.253 e. The topological polar surface area (TPSA) is 78.5 Å². The van der Waals surface area contributed by atoms with E-state index in [2.05, 4.69) is 10.6 Å². The van der Waals surface area contributed by atoms with Crippen molar-refractivity contribution in [3.8, 4) is 0 Å². The number of carbonyl (C=O) groups excluding carboxylic acids is 1. The highest BCUT2D eigenvalue weighted by molar-refractivity contribution is 7.91. The molecule has 0 spiro atoms. The van der Waals surface area contributed by atoms with E-state index in [-0.39, 0.29) is 10.1 Å². The van der Waals surface area contributed by atoms with Crippen LogP contribution in [0.2, 0.25) is 0 Å². The molecule has 1 saturated carbocycles. The summed E-state index contributed by atoms with van der Waals surface area (Å²) >= 11 is 1.18. The molecule has 2 aromatic rings. The first kappa shape index (κ1) is 20.4. The predicted molar refractivity (Wildman–Crippen MR) is 117 cm³/mol. The van der Waals surface area contributed by atoms with Crippen molar-refractivity contribution in [2.45, 2.75) is 48.8 Å². The molecule has 1 unspecified atom stereocenters. The highest BCUT2D eigenvalue weighted by Gasteiger charge is 2.39. The number of nitrogens with one attached hydrogen (secondary N) is 2. The number of hydrogen-bond acceptors (Lipinski definition) is 5. The lowest BCUT2D eigenvalue weighted by atomic mass is 10.1. The van der Waals surface area contributed by atoms with Crippen LogP contribution in [-0.4, -0.2) is 37.8 Å². The summed E-state index contributed by atoms with van der Waals surface area (Å²) in [6.07, 6.45) is 6.49. The molecule has 1 aliphatic heterocycles. The number of amides is 1. The molecule has 2 fully saturated rings. The Morgan fingerprint density at radius 1 is 1.03 bits per heavy atom. The number of rotatable bonds is 7. The first-order chi connectivity index (χ1) is 14.0. The molecule has 1 saturated heterocycles. The second-order valence-corrected chi connectivity index (χ2v) is 10.9. The predicted octanol–water partition coefficient (Wildman–Crippen LogP) is 4.14. The van der Waals surface area contributed by atoms with Crippen LogP contribution in [0.15, 0.2) is 46.0 Å². The van der Waals surface area contributed by atoms with E-state index in [0.29, 0.717) is 25.1 Å². The summed E-state index contributed by atoms with van der Waals surface area (Å²) in [5.41, 5.74) is 1.72. The highest BCUT2D eigenvalue weighted by Crippen LogP contribution is 2.29. The van der Waals surface area contributed by atoms with Crippen LogP contribution in [0.3, 0.4) is 0 Å². The third kappa shape index (κ3) is 4.65. The van der Waals surface area contributed by atoms with Gasteiger partial charge in [0.2, 0.25) is 5.91 Å². The molecular weight excluding hydrogens is 406 g/mol. The lowest BCUT2D eigenvalue weighted by molar-refractivity contribution is -0.119. The number of anilines is 2. The van der Waals surface area contributed by atoms with Crippen LogP contribution in [0, 0.1) is 5.92 Å². The van der Waals surface area contributed by atoms with Crippen LogP contribution in [0.4, 0.5) is 11.4 Å². The Kier molecular flexibility index (Phi) is 6.22. The molecule has 4 rings (SSSR count). The van der Waals surface area contributed by atoms with Gasteiger partial charge in [-0.3, -0.25) is 4.79 Å². The van der Waals surface area contributed by atoms with Gasteiger partial charge in [0.1, 0.15) is 10.3 Å². The Morgan fingerprint density at radius 2 is 1.76 bits per heavy atom. The van der Waals surface area contributed by atoms with E-state index < -0.39 is 16.1 Å². The van der Waals surface area contributed by atoms with E-state index in [4.69, 9.17) is 0 Å². The van der Waals surface area contributed by atoms with Gasteiger partial charge >= 0.3 is 0 Å². The van der Waals surface area contributed by atoms with Gasteiger partial charge in [0.15, 0.2) is 0 Å². The molecule has 0 bridgehead atoms. The fourth-order valence-corrected chi connectivity index (χ4v) is 6.97. The van der Waals surface area contributed by atoms with Gasteiger partial charge in [0.25, 0.3) is 10.0 Å². The summed E-state index contributed by atoms with van der Waals surface area (Å²) in [6.45, 7) is 1.37. The molecule has 1 aliphatic carbocycles. The van der Waals surface area contributed by atoms with E-state index in [1.807, 2.05) is 24.3 Å². The van der Waals surface area contributed by atoms with E-state index in [0.717, 1.165) is 18.2 Å². The average Bonchev–Trinajstić information content (AvgIpc) is 3.50. The molecule has 1 atom stereocenters. The lowest BCUT2D eigenvalue weighted by Gasteiger charge is -2.22.